The number of nitrogens with one attached hydrogen (secondary N) is 1. The smallest absolute Gasteiger partial charge is 0.273 e. The first-order chi connectivity index (χ1) is 11.1. The predicted molar refractivity (Wildman–Crippen MR) is 86.8 cm³/mol. The van der Waals surface area contributed by atoms with Crippen LogP contribution in [-0.2, 0) is 6.54 Å². The molecule has 0 unspecified atom stereocenters. The lowest BCUT2D eigenvalue weighted by Gasteiger charge is -2.02. The van der Waals surface area contributed by atoms with Crippen molar-refractivity contribution in [3.8, 4) is 11.3 Å². The average molecular weight is 307 g/mol. The Morgan fingerprint density at radius 1 is 1.09 bits per heavy atom. The van der Waals surface area contributed by atoms with Crippen molar-refractivity contribution in [1.82, 2.24) is 15.5 Å². The molecule has 2 aromatic heterocycles. The van der Waals surface area contributed by atoms with Crippen LogP contribution in [0.5, 0.6) is 0 Å². The van der Waals surface area contributed by atoms with Gasteiger partial charge in [-0.3, -0.25) is 9.78 Å². The molecule has 1 amide bonds. The molecule has 1 aromatic carbocycles. The van der Waals surface area contributed by atoms with Crippen molar-refractivity contribution >= 4 is 5.91 Å². The lowest BCUT2D eigenvalue weighted by atomic mass is 10.0. The number of rotatable bonds is 4. The second-order valence-corrected chi connectivity index (χ2v) is 5.41. The minimum Gasteiger partial charge on any atom is -0.355 e. The fourth-order valence-corrected chi connectivity index (χ4v) is 2.19. The van der Waals surface area contributed by atoms with E-state index in [0.717, 1.165) is 11.1 Å². The van der Waals surface area contributed by atoms with Gasteiger partial charge in [0.05, 0.1) is 0 Å². The molecule has 3 rings (SSSR count). The molecule has 0 spiro atoms. The molecule has 0 fully saturated rings. The topological polar surface area (TPSA) is 68.0 Å². The van der Waals surface area contributed by atoms with Crippen molar-refractivity contribution < 1.29 is 9.32 Å². The summed E-state index contributed by atoms with van der Waals surface area (Å²) in [5.74, 6) is 0.322. The monoisotopic (exact) mass is 307 g/mol. The average Bonchev–Trinajstić information content (AvgIpc) is 3.06. The summed E-state index contributed by atoms with van der Waals surface area (Å²) in [4.78, 5) is 16.1. The van der Waals surface area contributed by atoms with E-state index in [1.807, 2.05) is 37.3 Å². The molecule has 1 N–H and O–H groups in total. The van der Waals surface area contributed by atoms with Gasteiger partial charge in [0.1, 0.15) is 0 Å². The molecule has 5 nitrogen and oxygen atoms in total. The maximum Gasteiger partial charge on any atom is 0.273 e. The van der Waals surface area contributed by atoms with Crippen molar-refractivity contribution in [3.05, 3.63) is 71.2 Å². The van der Waals surface area contributed by atoms with E-state index in [9.17, 15) is 4.79 Å². The van der Waals surface area contributed by atoms with Gasteiger partial charge in [-0.2, -0.15) is 0 Å². The van der Waals surface area contributed by atoms with Gasteiger partial charge in [-0.05, 0) is 48.7 Å². The molecule has 0 aliphatic heterocycles. The number of benzene rings is 1. The highest BCUT2D eigenvalue weighted by atomic mass is 16.5. The highest BCUT2D eigenvalue weighted by molar-refractivity contribution is 5.93. The van der Waals surface area contributed by atoms with Gasteiger partial charge in [0.25, 0.3) is 5.91 Å². The summed E-state index contributed by atoms with van der Waals surface area (Å²) >= 11 is 0. The van der Waals surface area contributed by atoms with Crippen molar-refractivity contribution in [1.29, 1.82) is 0 Å². The Labute approximate surface area is 134 Å². The van der Waals surface area contributed by atoms with Crippen molar-refractivity contribution in [3.63, 3.8) is 0 Å². The van der Waals surface area contributed by atoms with Crippen LogP contribution in [-0.4, -0.2) is 16.0 Å². The Morgan fingerprint density at radius 2 is 1.87 bits per heavy atom. The molecule has 0 atom stereocenters. The molecule has 2 heterocycles. The quantitative estimate of drug-likeness (QED) is 0.803. The van der Waals surface area contributed by atoms with Crippen LogP contribution in [0.2, 0.25) is 0 Å². The highest BCUT2D eigenvalue weighted by Crippen LogP contribution is 2.23. The van der Waals surface area contributed by atoms with E-state index in [4.69, 9.17) is 4.52 Å². The maximum atomic E-state index is 12.1. The number of hydrogen-bond acceptors (Lipinski definition) is 4. The third-order valence-electron chi connectivity index (χ3n) is 3.74. The van der Waals surface area contributed by atoms with Gasteiger partial charge in [0.2, 0.25) is 0 Å². The van der Waals surface area contributed by atoms with Crippen molar-refractivity contribution in [2.45, 2.75) is 20.4 Å². The molecular formula is C18H17N3O2. The molecule has 0 radical (unpaired) electrons. The van der Waals surface area contributed by atoms with Crippen LogP contribution in [0.25, 0.3) is 11.3 Å². The number of hydrogen-bond donors (Lipinski definition) is 1. The van der Waals surface area contributed by atoms with Crippen LogP contribution < -0.4 is 5.32 Å². The fourth-order valence-electron chi connectivity index (χ4n) is 2.19. The maximum absolute atomic E-state index is 12.1. The number of carbonyl (C=O) groups excluding carboxylic acids is 1. The number of aryl methyl sites for hydroxylation is 2. The number of nitrogens with zero attached hydrogens (tertiary/aromatic N) is 2. The first-order valence-electron chi connectivity index (χ1n) is 7.35. The first-order valence-corrected chi connectivity index (χ1v) is 7.35. The molecule has 116 valence electrons. The Kier molecular flexibility index (Phi) is 4.19. The summed E-state index contributed by atoms with van der Waals surface area (Å²) in [6.45, 7) is 4.52. The van der Waals surface area contributed by atoms with E-state index < -0.39 is 0 Å². The van der Waals surface area contributed by atoms with Crippen molar-refractivity contribution in [2.24, 2.45) is 0 Å². The molecule has 3 aromatic rings. The van der Waals surface area contributed by atoms with Gasteiger partial charge < -0.3 is 9.84 Å². The normalized spacial score (nSPS) is 10.5. The van der Waals surface area contributed by atoms with Crippen LogP contribution >= 0.6 is 0 Å². The third kappa shape index (κ3) is 3.45. The fraction of sp³-hybridized carbons (Fsp3) is 0.167. The summed E-state index contributed by atoms with van der Waals surface area (Å²) in [5.41, 5.74) is 4.54. The lowest BCUT2D eigenvalue weighted by Crippen LogP contribution is -2.22. The van der Waals surface area contributed by atoms with Gasteiger partial charge in [-0.15, -0.1) is 0 Å². The van der Waals surface area contributed by atoms with E-state index >= 15 is 0 Å². The zero-order valence-electron chi connectivity index (χ0n) is 13.0. The van der Waals surface area contributed by atoms with Crippen LogP contribution in [0.3, 0.4) is 0 Å². The molecular weight excluding hydrogens is 290 g/mol. The minimum atomic E-state index is -0.263. The van der Waals surface area contributed by atoms with Gasteiger partial charge >= 0.3 is 0 Å². The van der Waals surface area contributed by atoms with E-state index in [-0.39, 0.29) is 11.6 Å². The Morgan fingerprint density at radius 3 is 2.61 bits per heavy atom. The van der Waals surface area contributed by atoms with Gasteiger partial charge in [0, 0.05) is 30.6 Å². The molecule has 0 bridgehead atoms. The molecule has 23 heavy (non-hydrogen) atoms. The summed E-state index contributed by atoms with van der Waals surface area (Å²) in [7, 11) is 0. The van der Waals surface area contributed by atoms with Crippen LogP contribution in [0.1, 0.15) is 27.2 Å². The Balaban J connectivity index is 1.71. The first kappa shape index (κ1) is 15.0. The van der Waals surface area contributed by atoms with Gasteiger partial charge in [-0.25, -0.2) is 0 Å². The number of pyridine rings is 1. The van der Waals surface area contributed by atoms with E-state index in [1.54, 1.807) is 18.5 Å². The highest BCUT2D eigenvalue weighted by Gasteiger charge is 2.13. The second kappa shape index (κ2) is 6.44. The standard InChI is InChI=1S/C18H17N3O2/c1-12-3-4-15(9-13(12)2)17-10-16(21-23-17)18(22)20-11-14-5-7-19-8-6-14/h3-10H,11H2,1-2H3,(H,20,22). The van der Waals surface area contributed by atoms with E-state index in [1.165, 1.54) is 11.1 Å². The van der Waals surface area contributed by atoms with Gasteiger partial charge in [0.15, 0.2) is 11.5 Å². The van der Waals surface area contributed by atoms with E-state index in [0.29, 0.717) is 12.3 Å². The summed E-state index contributed by atoms with van der Waals surface area (Å²) < 4.78 is 5.30. The van der Waals surface area contributed by atoms with Crippen LogP contribution in [0, 0.1) is 13.8 Å². The largest absolute Gasteiger partial charge is 0.355 e. The Bertz CT molecular complexity index is 825. The second-order valence-electron chi connectivity index (χ2n) is 5.41. The summed E-state index contributed by atoms with van der Waals surface area (Å²) in [6.07, 6.45) is 3.38. The lowest BCUT2D eigenvalue weighted by molar-refractivity contribution is 0.0942. The minimum absolute atomic E-state index is 0.263. The Hall–Kier alpha value is -2.95. The van der Waals surface area contributed by atoms with Crippen molar-refractivity contribution in [2.75, 3.05) is 0 Å². The predicted octanol–water partition coefficient (Wildman–Crippen LogP) is 3.28. The molecule has 0 saturated carbocycles. The summed E-state index contributed by atoms with van der Waals surface area (Å²) in [6, 6.07) is 11.4. The zero-order valence-corrected chi connectivity index (χ0v) is 13.0. The molecule has 0 saturated heterocycles. The van der Waals surface area contributed by atoms with Crippen LogP contribution in [0.15, 0.2) is 53.3 Å². The molecule has 0 aliphatic carbocycles. The number of carbonyl (C=O) groups is 1. The number of amides is 1. The number of aromatic nitrogens is 2. The third-order valence-corrected chi connectivity index (χ3v) is 3.74. The molecule has 0 aliphatic rings. The van der Waals surface area contributed by atoms with Crippen LogP contribution in [0.4, 0.5) is 0 Å². The summed E-state index contributed by atoms with van der Waals surface area (Å²) in [5, 5.41) is 6.67. The SMILES string of the molecule is Cc1ccc(-c2cc(C(=O)NCc3ccncc3)no2)cc1C. The zero-order chi connectivity index (χ0) is 16.2. The van der Waals surface area contributed by atoms with E-state index in [2.05, 4.69) is 22.4 Å². The molecule has 5 heteroatoms. The van der Waals surface area contributed by atoms with Gasteiger partial charge in [-0.1, -0.05) is 17.3 Å².